The van der Waals surface area contributed by atoms with Gasteiger partial charge in [-0.05, 0) is 6.42 Å². The fourth-order valence-corrected chi connectivity index (χ4v) is 1.82. The molecule has 0 saturated carbocycles. The average molecular weight is 253 g/mol. The number of hydrogen-bond acceptors (Lipinski definition) is 2. The second-order valence-corrected chi connectivity index (χ2v) is 4.54. The lowest BCUT2D eigenvalue weighted by Crippen LogP contribution is -2.36. The Morgan fingerprint density at radius 3 is 2.67 bits per heavy atom. The molecule has 0 unspecified atom stereocenters. The van der Waals surface area contributed by atoms with Crippen LogP contribution in [0.1, 0.15) is 45.4 Å². The molecule has 102 valence electrons. The molecule has 5 nitrogen and oxygen atoms in total. The molecule has 0 spiro atoms. The van der Waals surface area contributed by atoms with E-state index in [0.717, 1.165) is 12.8 Å². The Bertz CT molecular complexity index is 313. The van der Waals surface area contributed by atoms with Gasteiger partial charge in [0, 0.05) is 18.3 Å². The summed E-state index contributed by atoms with van der Waals surface area (Å²) < 4.78 is 0. The Morgan fingerprint density at radius 1 is 1.28 bits per heavy atom. The fraction of sp³-hybridized carbons (Fsp3) is 0.692. The molecule has 1 heterocycles. The predicted molar refractivity (Wildman–Crippen MR) is 71.0 cm³/mol. The number of rotatable bonds is 8. The Kier molecular flexibility index (Phi) is 6.91. The molecule has 3 amide bonds. The molecule has 1 rings (SSSR count). The minimum absolute atomic E-state index is 0.152. The highest BCUT2D eigenvalue weighted by molar-refractivity contribution is 5.92. The molecule has 1 aliphatic heterocycles. The second kappa shape index (κ2) is 8.55. The Morgan fingerprint density at radius 2 is 2.00 bits per heavy atom. The van der Waals surface area contributed by atoms with Gasteiger partial charge in [0.2, 0.25) is 5.91 Å². The van der Waals surface area contributed by atoms with Crippen LogP contribution in [-0.4, -0.2) is 25.0 Å². The van der Waals surface area contributed by atoms with Crippen molar-refractivity contribution in [3.05, 3.63) is 11.8 Å². The van der Waals surface area contributed by atoms with Crippen LogP contribution >= 0.6 is 0 Å². The summed E-state index contributed by atoms with van der Waals surface area (Å²) in [7, 11) is 0. The largest absolute Gasteiger partial charge is 0.347 e. The van der Waals surface area contributed by atoms with Gasteiger partial charge in [0.1, 0.15) is 0 Å². The van der Waals surface area contributed by atoms with Gasteiger partial charge in [0.05, 0.1) is 6.54 Å². The fourth-order valence-electron chi connectivity index (χ4n) is 1.82. The second-order valence-electron chi connectivity index (χ2n) is 4.54. The molecule has 0 saturated heterocycles. The number of carbonyl (C=O) groups excluding carboxylic acids is 2. The first kappa shape index (κ1) is 14.5. The van der Waals surface area contributed by atoms with Crippen LogP contribution in [0, 0.1) is 0 Å². The molecule has 0 atom stereocenters. The molecule has 0 aromatic carbocycles. The molecular formula is C13H23N3O2. The van der Waals surface area contributed by atoms with E-state index in [1.165, 1.54) is 31.8 Å². The van der Waals surface area contributed by atoms with Gasteiger partial charge in [-0.15, -0.1) is 0 Å². The Balaban J connectivity index is 1.97. The molecule has 1 aliphatic rings. The zero-order valence-corrected chi connectivity index (χ0v) is 11.1. The average Bonchev–Trinajstić information content (AvgIpc) is 2.73. The lowest BCUT2D eigenvalue weighted by Gasteiger charge is -2.07. The molecule has 18 heavy (non-hydrogen) atoms. The Hall–Kier alpha value is -1.52. The molecule has 0 fully saturated rings. The van der Waals surface area contributed by atoms with Gasteiger partial charge in [-0.3, -0.25) is 4.79 Å². The number of amides is 3. The van der Waals surface area contributed by atoms with Crippen molar-refractivity contribution in [2.75, 3.05) is 13.1 Å². The van der Waals surface area contributed by atoms with E-state index in [0.29, 0.717) is 18.8 Å². The summed E-state index contributed by atoms with van der Waals surface area (Å²) in [6.45, 7) is 3.29. The van der Waals surface area contributed by atoms with Gasteiger partial charge in [-0.1, -0.05) is 39.0 Å². The van der Waals surface area contributed by atoms with Crippen molar-refractivity contribution < 1.29 is 9.59 Å². The number of hydrogen-bond donors (Lipinski definition) is 3. The SMILES string of the molecule is CCCCCCCCNC(=O)NC1=CC(=O)NC1. The maximum Gasteiger partial charge on any atom is 0.319 e. The van der Waals surface area contributed by atoms with Gasteiger partial charge >= 0.3 is 6.03 Å². The third-order valence-electron chi connectivity index (χ3n) is 2.85. The van der Waals surface area contributed by atoms with Crippen LogP contribution in [0.2, 0.25) is 0 Å². The first-order valence-electron chi connectivity index (χ1n) is 6.75. The van der Waals surface area contributed by atoms with Crippen molar-refractivity contribution >= 4 is 11.9 Å². The van der Waals surface area contributed by atoms with E-state index in [-0.39, 0.29) is 11.9 Å². The van der Waals surface area contributed by atoms with E-state index in [1.54, 1.807) is 0 Å². The van der Waals surface area contributed by atoms with Crippen LogP contribution < -0.4 is 16.0 Å². The molecular weight excluding hydrogens is 230 g/mol. The molecule has 3 N–H and O–H groups in total. The number of nitrogens with one attached hydrogen (secondary N) is 3. The first-order chi connectivity index (χ1) is 8.72. The van der Waals surface area contributed by atoms with E-state index in [1.807, 2.05) is 0 Å². The summed E-state index contributed by atoms with van der Waals surface area (Å²) in [4.78, 5) is 22.3. The summed E-state index contributed by atoms with van der Waals surface area (Å²) in [5, 5.41) is 8.03. The quantitative estimate of drug-likeness (QED) is 0.576. The zero-order chi connectivity index (χ0) is 13.2. The minimum atomic E-state index is -0.230. The van der Waals surface area contributed by atoms with E-state index >= 15 is 0 Å². The van der Waals surface area contributed by atoms with E-state index in [2.05, 4.69) is 22.9 Å². The highest BCUT2D eigenvalue weighted by Crippen LogP contribution is 2.04. The number of unbranched alkanes of at least 4 members (excludes halogenated alkanes) is 5. The van der Waals surface area contributed by atoms with Crippen LogP contribution in [0.5, 0.6) is 0 Å². The van der Waals surface area contributed by atoms with Crippen molar-refractivity contribution in [2.24, 2.45) is 0 Å². The van der Waals surface area contributed by atoms with Crippen molar-refractivity contribution in [2.45, 2.75) is 45.4 Å². The van der Waals surface area contributed by atoms with Crippen LogP contribution in [0.15, 0.2) is 11.8 Å². The highest BCUT2D eigenvalue weighted by atomic mass is 16.2. The maximum absolute atomic E-state index is 11.4. The van der Waals surface area contributed by atoms with Gasteiger partial charge in [-0.2, -0.15) is 0 Å². The normalized spacial score (nSPS) is 14.1. The number of carbonyl (C=O) groups is 2. The third-order valence-corrected chi connectivity index (χ3v) is 2.85. The predicted octanol–water partition coefficient (Wildman–Crippen LogP) is 1.66. The Labute approximate surface area is 108 Å². The standard InChI is InChI=1S/C13H23N3O2/c1-2-3-4-5-6-7-8-14-13(18)16-11-9-12(17)15-10-11/h9H,2-8,10H2,1H3,(H,15,17)(H2,14,16,18). The van der Waals surface area contributed by atoms with E-state index < -0.39 is 0 Å². The molecule has 0 bridgehead atoms. The zero-order valence-electron chi connectivity index (χ0n) is 11.1. The van der Waals surface area contributed by atoms with E-state index in [9.17, 15) is 9.59 Å². The minimum Gasteiger partial charge on any atom is -0.347 e. The smallest absolute Gasteiger partial charge is 0.319 e. The van der Waals surface area contributed by atoms with Crippen molar-refractivity contribution in [3.63, 3.8) is 0 Å². The molecule has 0 aromatic heterocycles. The van der Waals surface area contributed by atoms with Crippen molar-refractivity contribution in [1.29, 1.82) is 0 Å². The summed E-state index contributed by atoms with van der Waals surface area (Å²) in [6.07, 6.45) is 8.64. The van der Waals surface area contributed by atoms with Gasteiger partial charge in [-0.25, -0.2) is 4.79 Å². The molecule has 0 aromatic rings. The first-order valence-corrected chi connectivity index (χ1v) is 6.75. The third kappa shape index (κ3) is 6.27. The highest BCUT2D eigenvalue weighted by Gasteiger charge is 2.12. The summed E-state index contributed by atoms with van der Waals surface area (Å²) >= 11 is 0. The topological polar surface area (TPSA) is 70.2 Å². The summed E-state index contributed by atoms with van der Waals surface area (Å²) in [5.74, 6) is -0.152. The lowest BCUT2D eigenvalue weighted by molar-refractivity contribution is -0.115. The van der Waals surface area contributed by atoms with Crippen LogP contribution in [0.4, 0.5) is 4.79 Å². The van der Waals surface area contributed by atoms with Crippen LogP contribution in [0.25, 0.3) is 0 Å². The van der Waals surface area contributed by atoms with Crippen LogP contribution in [-0.2, 0) is 4.79 Å². The summed E-state index contributed by atoms with van der Waals surface area (Å²) in [6, 6.07) is -0.230. The van der Waals surface area contributed by atoms with Gasteiger partial charge in [0.25, 0.3) is 0 Å². The van der Waals surface area contributed by atoms with Gasteiger partial charge < -0.3 is 16.0 Å². The van der Waals surface area contributed by atoms with Crippen LogP contribution in [0.3, 0.4) is 0 Å². The molecule has 0 aliphatic carbocycles. The monoisotopic (exact) mass is 253 g/mol. The summed E-state index contributed by atoms with van der Waals surface area (Å²) in [5.41, 5.74) is 0.625. The van der Waals surface area contributed by atoms with Gasteiger partial charge in [0.15, 0.2) is 0 Å². The number of urea groups is 1. The van der Waals surface area contributed by atoms with E-state index in [4.69, 9.17) is 0 Å². The molecule has 0 radical (unpaired) electrons. The molecule has 5 heteroatoms. The van der Waals surface area contributed by atoms with Crippen molar-refractivity contribution in [1.82, 2.24) is 16.0 Å². The lowest BCUT2D eigenvalue weighted by atomic mass is 10.1. The maximum atomic E-state index is 11.4. The van der Waals surface area contributed by atoms with Crippen molar-refractivity contribution in [3.8, 4) is 0 Å².